The highest BCUT2D eigenvalue weighted by molar-refractivity contribution is 7.89. The molecule has 2 saturated heterocycles. The first-order chi connectivity index (χ1) is 12.4. The zero-order valence-electron chi connectivity index (χ0n) is 15.3. The fraction of sp³-hybridized carbons (Fsp3) is 0.667. The van der Waals surface area contributed by atoms with Gasteiger partial charge in [-0.1, -0.05) is 19.8 Å². The van der Waals surface area contributed by atoms with Crippen LogP contribution in [0.3, 0.4) is 0 Å². The molecule has 0 saturated carbocycles. The van der Waals surface area contributed by atoms with Gasteiger partial charge in [0.05, 0.1) is 9.79 Å². The van der Waals surface area contributed by atoms with Gasteiger partial charge in [0, 0.05) is 25.7 Å². The lowest BCUT2D eigenvalue weighted by molar-refractivity contribution is 0.246. The van der Waals surface area contributed by atoms with Gasteiger partial charge in [0.2, 0.25) is 20.0 Å². The van der Waals surface area contributed by atoms with E-state index >= 15 is 0 Å². The van der Waals surface area contributed by atoms with Gasteiger partial charge in [-0.25, -0.2) is 16.8 Å². The first-order valence-electron chi connectivity index (χ1n) is 9.49. The predicted octanol–water partition coefficient (Wildman–Crippen LogP) is 2.81. The fourth-order valence-electron chi connectivity index (χ4n) is 3.87. The van der Waals surface area contributed by atoms with Crippen molar-refractivity contribution in [3.63, 3.8) is 0 Å². The van der Waals surface area contributed by atoms with E-state index in [1.807, 2.05) is 6.92 Å². The van der Waals surface area contributed by atoms with Crippen molar-refractivity contribution in [2.24, 2.45) is 0 Å². The minimum absolute atomic E-state index is 0.0329. The summed E-state index contributed by atoms with van der Waals surface area (Å²) in [4.78, 5) is 0.347. The number of piperidine rings is 2. The largest absolute Gasteiger partial charge is 0.243 e. The number of nitrogens with zero attached hydrogens (tertiary/aromatic N) is 2. The van der Waals surface area contributed by atoms with Crippen molar-refractivity contribution >= 4 is 20.0 Å². The van der Waals surface area contributed by atoms with Crippen molar-refractivity contribution in [3.05, 3.63) is 24.3 Å². The maximum Gasteiger partial charge on any atom is 0.243 e. The minimum Gasteiger partial charge on any atom is -0.207 e. The topological polar surface area (TPSA) is 74.8 Å². The number of benzene rings is 1. The third-order valence-electron chi connectivity index (χ3n) is 5.43. The molecular weight excluding hydrogens is 372 g/mol. The van der Waals surface area contributed by atoms with Crippen LogP contribution in [-0.4, -0.2) is 51.1 Å². The molecule has 0 spiro atoms. The molecule has 3 rings (SSSR count). The van der Waals surface area contributed by atoms with Crippen LogP contribution in [0.15, 0.2) is 34.1 Å². The Kier molecular flexibility index (Phi) is 6.06. The average molecular weight is 401 g/mol. The summed E-state index contributed by atoms with van der Waals surface area (Å²) < 4.78 is 54.5. The van der Waals surface area contributed by atoms with Crippen LogP contribution in [0.25, 0.3) is 0 Å². The van der Waals surface area contributed by atoms with E-state index in [1.54, 1.807) is 4.31 Å². The van der Waals surface area contributed by atoms with Crippen molar-refractivity contribution in [2.45, 2.75) is 67.7 Å². The molecule has 26 heavy (non-hydrogen) atoms. The van der Waals surface area contributed by atoms with E-state index in [-0.39, 0.29) is 15.8 Å². The first-order valence-corrected chi connectivity index (χ1v) is 12.4. The van der Waals surface area contributed by atoms with E-state index < -0.39 is 20.0 Å². The number of rotatable bonds is 5. The molecule has 0 radical (unpaired) electrons. The van der Waals surface area contributed by atoms with E-state index in [1.165, 1.54) is 28.6 Å². The molecule has 0 N–H and O–H groups in total. The molecule has 2 aliphatic rings. The van der Waals surface area contributed by atoms with E-state index in [4.69, 9.17) is 0 Å². The summed E-state index contributed by atoms with van der Waals surface area (Å²) in [5.74, 6) is 0. The molecule has 0 aromatic heterocycles. The van der Waals surface area contributed by atoms with Crippen molar-refractivity contribution in [1.82, 2.24) is 8.61 Å². The number of hydrogen-bond acceptors (Lipinski definition) is 4. The second-order valence-corrected chi connectivity index (χ2v) is 10.9. The lowest BCUT2D eigenvalue weighted by Crippen LogP contribution is -2.43. The van der Waals surface area contributed by atoms with Gasteiger partial charge < -0.3 is 0 Å². The third kappa shape index (κ3) is 3.83. The molecule has 6 nitrogen and oxygen atoms in total. The Balaban J connectivity index is 1.84. The van der Waals surface area contributed by atoms with Gasteiger partial charge in [-0.3, -0.25) is 0 Å². The molecule has 1 aromatic carbocycles. The van der Waals surface area contributed by atoms with Gasteiger partial charge in [-0.15, -0.1) is 0 Å². The highest BCUT2D eigenvalue weighted by atomic mass is 32.2. The Bertz CT molecular complexity index is 813. The monoisotopic (exact) mass is 400 g/mol. The Hall–Kier alpha value is -0.960. The second-order valence-electron chi connectivity index (χ2n) is 7.11. The predicted molar refractivity (Wildman–Crippen MR) is 101 cm³/mol. The van der Waals surface area contributed by atoms with Crippen LogP contribution in [0, 0.1) is 0 Å². The summed E-state index contributed by atoms with van der Waals surface area (Å²) in [7, 11) is -7.13. The van der Waals surface area contributed by atoms with Crippen molar-refractivity contribution in [2.75, 3.05) is 19.6 Å². The molecule has 8 heteroatoms. The lowest BCUT2D eigenvalue weighted by Gasteiger charge is -2.34. The summed E-state index contributed by atoms with van der Waals surface area (Å²) in [6.07, 6.45) is 6.41. The summed E-state index contributed by atoms with van der Waals surface area (Å²) >= 11 is 0. The molecular formula is C18H28N2O4S2. The minimum atomic E-state index is -3.59. The number of hydrogen-bond donors (Lipinski definition) is 0. The third-order valence-corrected chi connectivity index (χ3v) is 9.31. The molecule has 0 bridgehead atoms. The molecule has 0 amide bonds. The maximum atomic E-state index is 13.0. The molecule has 2 aliphatic heterocycles. The molecule has 0 unspecified atom stereocenters. The van der Waals surface area contributed by atoms with Crippen molar-refractivity contribution < 1.29 is 16.8 Å². The second kappa shape index (κ2) is 7.96. The summed E-state index contributed by atoms with van der Waals surface area (Å²) in [6, 6.07) is 5.77. The smallest absolute Gasteiger partial charge is 0.207 e. The molecule has 2 heterocycles. The Morgan fingerprint density at radius 2 is 1.35 bits per heavy atom. The zero-order valence-corrected chi connectivity index (χ0v) is 16.9. The summed E-state index contributed by atoms with van der Waals surface area (Å²) in [5.41, 5.74) is 0. The van der Waals surface area contributed by atoms with E-state index in [2.05, 4.69) is 0 Å². The van der Waals surface area contributed by atoms with Crippen molar-refractivity contribution in [3.8, 4) is 0 Å². The molecule has 1 aromatic rings. The summed E-state index contributed by atoms with van der Waals surface area (Å²) in [6.45, 7) is 3.62. The Labute approximate surface area is 157 Å². The molecule has 2 fully saturated rings. The van der Waals surface area contributed by atoms with Crippen LogP contribution in [0.4, 0.5) is 0 Å². The highest BCUT2D eigenvalue weighted by Gasteiger charge is 2.33. The fourth-order valence-corrected chi connectivity index (χ4v) is 7.16. The van der Waals surface area contributed by atoms with Crippen LogP contribution in [0.5, 0.6) is 0 Å². The molecule has 146 valence electrons. The van der Waals surface area contributed by atoms with Crippen LogP contribution in [-0.2, 0) is 20.0 Å². The van der Waals surface area contributed by atoms with Crippen LogP contribution < -0.4 is 0 Å². The van der Waals surface area contributed by atoms with Gasteiger partial charge in [-0.05, 0) is 56.4 Å². The normalized spacial score (nSPS) is 23.8. The van der Waals surface area contributed by atoms with Gasteiger partial charge in [0.1, 0.15) is 0 Å². The maximum absolute atomic E-state index is 13.0. The lowest BCUT2D eigenvalue weighted by atomic mass is 10.0. The van der Waals surface area contributed by atoms with Gasteiger partial charge in [0.25, 0.3) is 0 Å². The molecule has 1 atom stereocenters. The zero-order chi connectivity index (χ0) is 18.8. The van der Waals surface area contributed by atoms with Crippen LogP contribution >= 0.6 is 0 Å². The van der Waals surface area contributed by atoms with E-state index in [0.29, 0.717) is 19.6 Å². The van der Waals surface area contributed by atoms with Crippen LogP contribution in [0.1, 0.15) is 51.9 Å². The highest BCUT2D eigenvalue weighted by Crippen LogP contribution is 2.28. The van der Waals surface area contributed by atoms with Gasteiger partial charge in [0.15, 0.2) is 0 Å². The summed E-state index contributed by atoms with van der Waals surface area (Å²) in [5, 5.41) is 0. The van der Waals surface area contributed by atoms with E-state index in [9.17, 15) is 16.8 Å². The standard InChI is InChI=1S/C18H28N2O4S2/c1-2-16-8-4-7-15-20(16)26(23,24)18-11-9-17(10-12-18)25(21,22)19-13-5-3-6-14-19/h9-12,16H,2-8,13-15H2,1H3/t16-/m0/s1. The van der Waals surface area contributed by atoms with Crippen molar-refractivity contribution in [1.29, 1.82) is 0 Å². The first kappa shape index (κ1) is 19.8. The quantitative estimate of drug-likeness (QED) is 0.762. The van der Waals surface area contributed by atoms with Gasteiger partial charge >= 0.3 is 0 Å². The van der Waals surface area contributed by atoms with Crippen LogP contribution in [0.2, 0.25) is 0 Å². The number of sulfonamides is 2. The SMILES string of the molecule is CC[C@H]1CCCCN1S(=O)(=O)c1ccc(S(=O)(=O)N2CCCCC2)cc1. The Morgan fingerprint density at radius 1 is 0.808 bits per heavy atom. The van der Waals surface area contributed by atoms with E-state index in [0.717, 1.165) is 44.9 Å². The Morgan fingerprint density at radius 3 is 1.92 bits per heavy atom. The average Bonchev–Trinajstić information content (AvgIpc) is 2.68. The van der Waals surface area contributed by atoms with Gasteiger partial charge in [-0.2, -0.15) is 8.61 Å². The molecule has 0 aliphatic carbocycles.